The van der Waals surface area contributed by atoms with E-state index in [0.29, 0.717) is 17.5 Å². The molecule has 3 heteroatoms. The third kappa shape index (κ3) is 4.06. The lowest BCUT2D eigenvalue weighted by Gasteiger charge is -2.61. The van der Waals surface area contributed by atoms with Crippen LogP contribution in [0.25, 0.3) is 88.5 Å². The van der Waals surface area contributed by atoms with E-state index in [9.17, 15) is 0 Å². The van der Waals surface area contributed by atoms with Crippen LogP contribution in [-0.2, 0) is 5.41 Å². The molecule has 2 heterocycles. The van der Waals surface area contributed by atoms with Gasteiger partial charge >= 0.3 is 0 Å². The molecule has 4 bridgehead atoms. The molecule has 0 N–H and O–H groups in total. The number of rotatable bonds is 3. The van der Waals surface area contributed by atoms with Gasteiger partial charge in [-0.15, -0.1) is 0 Å². The molecule has 0 aliphatic heterocycles. The molecule has 7 aromatic carbocycles. The molecule has 14 rings (SSSR count). The number of nitrogens with zero attached hydrogens (tertiary/aromatic N) is 2. The van der Waals surface area contributed by atoms with Crippen LogP contribution < -0.4 is 0 Å². The topological polar surface area (TPSA) is 38.9 Å². The van der Waals surface area contributed by atoms with Crippen LogP contribution in [0.15, 0.2) is 150 Å². The van der Waals surface area contributed by atoms with Crippen LogP contribution in [0, 0.1) is 23.7 Å². The Morgan fingerprint density at radius 3 is 2.00 bits per heavy atom. The first-order valence-corrected chi connectivity index (χ1v) is 20.2. The second kappa shape index (κ2) is 11.0. The molecule has 5 aliphatic rings. The molecule has 0 amide bonds. The van der Waals surface area contributed by atoms with Gasteiger partial charge in [-0.05, 0) is 129 Å². The summed E-state index contributed by atoms with van der Waals surface area (Å²) in [6, 6.07) is 53.6. The van der Waals surface area contributed by atoms with Crippen molar-refractivity contribution in [2.24, 2.45) is 23.7 Å². The summed E-state index contributed by atoms with van der Waals surface area (Å²) in [6.07, 6.45) is 6.91. The average molecular weight is 707 g/mol. The monoisotopic (exact) mass is 706 g/mol. The van der Waals surface area contributed by atoms with E-state index < -0.39 is 0 Å². The average Bonchev–Trinajstić information content (AvgIpc) is 3.75. The minimum Gasteiger partial charge on any atom is -0.436 e. The minimum absolute atomic E-state index is 0.0572. The van der Waals surface area contributed by atoms with Gasteiger partial charge < -0.3 is 4.42 Å². The van der Waals surface area contributed by atoms with E-state index in [1.54, 1.807) is 11.1 Å². The van der Waals surface area contributed by atoms with Crippen LogP contribution >= 0.6 is 0 Å². The molecular formula is C52H38N2O. The van der Waals surface area contributed by atoms with Gasteiger partial charge in [0.25, 0.3) is 0 Å². The first-order valence-electron chi connectivity index (χ1n) is 20.2. The summed E-state index contributed by atoms with van der Waals surface area (Å²) in [5.74, 6) is 3.16. The Bertz CT molecular complexity index is 3030. The molecule has 0 unspecified atom stereocenters. The van der Waals surface area contributed by atoms with Crippen LogP contribution in [0.3, 0.4) is 0 Å². The molecule has 2 aromatic heterocycles. The predicted octanol–water partition coefficient (Wildman–Crippen LogP) is 13.4. The summed E-state index contributed by atoms with van der Waals surface area (Å²) in [4.78, 5) is 10.7. The zero-order valence-electron chi connectivity index (χ0n) is 30.5. The fraction of sp³-hybridized carbons (Fsp3) is 0.192. The van der Waals surface area contributed by atoms with Crippen LogP contribution in [0.2, 0.25) is 0 Å². The van der Waals surface area contributed by atoms with Gasteiger partial charge in [0.15, 0.2) is 0 Å². The Balaban J connectivity index is 1.07. The minimum atomic E-state index is 0.0572. The van der Waals surface area contributed by atoms with Crippen LogP contribution in [0.1, 0.15) is 43.2 Å². The van der Waals surface area contributed by atoms with Crippen LogP contribution in [0.4, 0.5) is 0 Å². The maximum absolute atomic E-state index is 6.30. The maximum atomic E-state index is 6.30. The third-order valence-corrected chi connectivity index (χ3v) is 14.3. The van der Waals surface area contributed by atoms with E-state index in [-0.39, 0.29) is 5.41 Å². The quantitative estimate of drug-likeness (QED) is 0.184. The molecule has 4 saturated carbocycles. The lowest BCUT2D eigenvalue weighted by molar-refractivity contribution is -0.0393. The molecule has 55 heavy (non-hydrogen) atoms. The normalized spacial score (nSPS) is 23.3. The van der Waals surface area contributed by atoms with Gasteiger partial charge in [-0.3, -0.25) is 0 Å². The summed E-state index contributed by atoms with van der Waals surface area (Å²) in [5, 5.41) is 6.24. The van der Waals surface area contributed by atoms with Crippen molar-refractivity contribution in [3.05, 3.63) is 157 Å². The van der Waals surface area contributed by atoms with Crippen molar-refractivity contribution in [1.29, 1.82) is 0 Å². The Morgan fingerprint density at radius 1 is 0.491 bits per heavy atom. The lowest BCUT2D eigenvalue weighted by Crippen LogP contribution is -2.55. The number of hydrogen-bond acceptors (Lipinski definition) is 3. The van der Waals surface area contributed by atoms with E-state index in [4.69, 9.17) is 14.4 Å². The summed E-state index contributed by atoms with van der Waals surface area (Å²) >= 11 is 0. The van der Waals surface area contributed by atoms with E-state index in [1.165, 1.54) is 75.9 Å². The van der Waals surface area contributed by atoms with Gasteiger partial charge in [-0.2, -0.15) is 0 Å². The standard InChI is InChI=1S/C52H38N2O/c1-2-11-34(12-3-1)48-49(53-50-42-16-6-7-19-45(42)55-51(50)54-48)43-18-9-14-33-13-8-17-38(46(33)43)35-21-22-40-41-23-20-32-10-4-5-15-39(32)47(41)52(44(40)29-35)36-25-30-24-31(27-36)28-37(52)26-30/h1-23,29-31,36-37H,24-28H2. The largest absolute Gasteiger partial charge is 0.436 e. The molecule has 5 aliphatic carbocycles. The molecule has 9 aromatic rings. The summed E-state index contributed by atoms with van der Waals surface area (Å²) in [5.41, 5.74) is 14.7. The van der Waals surface area contributed by atoms with Gasteiger partial charge in [0.1, 0.15) is 16.8 Å². The highest BCUT2D eigenvalue weighted by Gasteiger charge is 2.62. The van der Waals surface area contributed by atoms with Gasteiger partial charge in [-0.1, -0.05) is 127 Å². The van der Waals surface area contributed by atoms with Crippen molar-refractivity contribution in [3.63, 3.8) is 0 Å². The van der Waals surface area contributed by atoms with Crippen molar-refractivity contribution < 1.29 is 4.42 Å². The Kier molecular flexibility index (Phi) is 6.06. The highest BCUT2D eigenvalue weighted by molar-refractivity contribution is 6.10. The molecule has 3 nitrogen and oxygen atoms in total. The Labute approximate surface area is 319 Å². The van der Waals surface area contributed by atoms with Gasteiger partial charge in [-0.25, -0.2) is 9.97 Å². The second-order valence-corrected chi connectivity index (χ2v) is 16.9. The van der Waals surface area contributed by atoms with Crippen LogP contribution in [-0.4, -0.2) is 9.97 Å². The lowest BCUT2D eigenvalue weighted by atomic mass is 9.43. The zero-order valence-corrected chi connectivity index (χ0v) is 30.5. The fourth-order valence-corrected chi connectivity index (χ4v) is 12.4. The molecule has 0 saturated heterocycles. The Morgan fingerprint density at radius 2 is 1.18 bits per heavy atom. The molecule has 262 valence electrons. The number of aromatic nitrogens is 2. The van der Waals surface area contributed by atoms with E-state index in [0.717, 1.165) is 50.8 Å². The van der Waals surface area contributed by atoms with Gasteiger partial charge in [0.2, 0.25) is 5.71 Å². The van der Waals surface area contributed by atoms with Crippen LogP contribution in [0.5, 0.6) is 0 Å². The molecular weight excluding hydrogens is 669 g/mol. The molecule has 0 atom stereocenters. The highest BCUT2D eigenvalue weighted by Crippen LogP contribution is 2.70. The van der Waals surface area contributed by atoms with E-state index in [1.807, 2.05) is 18.2 Å². The Hall–Kier alpha value is -6.06. The first-order chi connectivity index (χ1) is 27.2. The smallest absolute Gasteiger partial charge is 0.246 e. The number of hydrogen-bond donors (Lipinski definition) is 0. The van der Waals surface area contributed by atoms with Crippen molar-refractivity contribution in [2.45, 2.75) is 37.5 Å². The third-order valence-electron chi connectivity index (χ3n) is 14.3. The number of benzene rings is 7. The first kappa shape index (κ1) is 30.3. The van der Waals surface area contributed by atoms with Crippen molar-refractivity contribution in [2.75, 3.05) is 0 Å². The number of furan rings is 1. The number of fused-ring (bicyclic) bond motifs is 9. The van der Waals surface area contributed by atoms with Gasteiger partial charge in [0.05, 0.1) is 5.69 Å². The van der Waals surface area contributed by atoms with Crippen molar-refractivity contribution >= 4 is 43.7 Å². The molecule has 1 spiro atoms. The number of para-hydroxylation sites is 1. The summed E-state index contributed by atoms with van der Waals surface area (Å²) < 4.78 is 6.30. The summed E-state index contributed by atoms with van der Waals surface area (Å²) in [7, 11) is 0. The van der Waals surface area contributed by atoms with Gasteiger partial charge in [0, 0.05) is 21.9 Å². The van der Waals surface area contributed by atoms with E-state index in [2.05, 4.69) is 127 Å². The SMILES string of the molecule is c1ccc(-c2nc3oc4ccccc4c3nc2-c2cccc3cccc(-c4ccc5c(c4)C4(c6c-5ccc5ccccc65)C5CC6CC(C5)CC4C6)c23)cc1. The van der Waals surface area contributed by atoms with Crippen molar-refractivity contribution in [1.82, 2.24) is 9.97 Å². The molecule has 4 fully saturated rings. The molecule has 0 radical (unpaired) electrons. The fourth-order valence-electron chi connectivity index (χ4n) is 12.4. The second-order valence-electron chi connectivity index (χ2n) is 16.9. The highest BCUT2D eigenvalue weighted by atomic mass is 16.3. The van der Waals surface area contributed by atoms with Crippen molar-refractivity contribution in [3.8, 4) is 44.8 Å². The van der Waals surface area contributed by atoms with E-state index >= 15 is 0 Å². The maximum Gasteiger partial charge on any atom is 0.246 e. The summed E-state index contributed by atoms with van der Waals surface area (Å²) in [6.45, 7) is 0. The zero-order chi connectivity index (χ0) is 35.8. The predicted molar refractivity (Wildman–Crippen MR) is 224 cm³/mol.